The van der Waals surface area contributed by atoms with Gasteiger partial charge in [-0.15, -0.1) is 24.0 Å². The minimum absolute atomic E-state index is 0. The molecule has 0 bridgehead atoms. The Morgan fingerprint density at radius 2 is 2.14 bits per heavy atom. The van der Waals surface area contributed by atoms with Crippen LogP contribution in [0.25, 0.3) is 0 Å². The zero-order valence-corrected chi connectivity index (χ0v) is 18.3. The van der Waals surface area contributed by atoms with Gasteiger partial charge in [0.1, 0.15) is 11.6 Å². The molecule has 0 radical (unpaired) electrons. The Labute approximate surface area is 180 Å². The maximum atomic E-state index is 14.1. The van der Waals surface area contributed by atoms with Crippen molar-refractivity contribution in [3.63, 3.8) is 0 Å². The standard InChI is InChI=1S/C18H26F3N3O3.HI/c1-22-18(24-7-6-13(11-24)12-26-9-8-25-2)23-10-14-15(19)4-3-5-16(14)27-17(20)21;/h3-5,13,17H,6-12H2,1-2H3,(H,22,23);1H. The highest BCUT2D eigenvalue weighted by molar-refractivity contribution is 14.0. The van der Waals surface area contributed by atoms with Crippen molar-refractivity contribution in [1.82, 2.24) is 10.2 Å². The largest absolute Gasteiger partial charge is 0.434 e. The number of hydrogen-bond donors (Lipinski definition) is 1. The monoisotopic (exact) mass is 517 g/mol. The van der Waals surface area contributed by atoms with Crippen LogP contribution in [-0.2, 0) is 16.0 Å². The Kier molecular flexibility index (Phi) is 11.5. The number of benzene rings is 1. The Morgan fingerprint density at radius 1 is 1.36 bits per heavy atom. The van der Waals surface area contributed by atoms with Crippen molar-refractivity contribution in [2.75, 3.05) is 47.1 Å². The third kappa shape index (κ3) is 7.63. The van der Waals surface area contributed by atoms with Crippen LogP contribution in [0.1, 0.15) is 12.0 Å². The van der Waals surface area contributed by atoms with Crippen molar-refractivity contribution in [2.24, 2.45) is 10.9 Å². The van der Waals surface area contributed by atoms with E-state index >= 15 is 0 Å². The van der Waals surface area contributed by atoms with E-state index in [4.69, 9.17) is 9.47 Å². The number of hydrogen-bond acceptors (Lipinski definition) is 4. The number of nitrogens with one attached hydrogen (secondary N) is 1. The second kappa shape index (κ2) is 13.0. The molecule has 10 heteroatoms. The average Bonchev–Trinajstić information content (AvgIpc) is 3.09. The lowest BCUT2D eigenvalue weighted by Gasteiger charge is -2.22. The SMILES string of the molecule is CN=C(NCc1c(F)cccc1OC(F)F)N1CCC(COCCOC)C1.I. The quantitative estimate of drug-likeness (QED) is 0.236. The lowest BCUT2D eigenvalue weighted by atomic mass is 10.1. The van der Waals surface area contributed by atoms with Crippen LogP contribution in [0.15, 0.2) is 23.2 Å². The molecule has 0 aromatic heterocycles. The predicted molar refractivity (Wildman–Crippen MR) is 111 cm³/mol. The lowest BCUT2D eigenvalue weighted by molar-refractivity contribution is -0.0506. The van der Waals surface area contributed by atoms with E-state index in [0.29, 0.717) is 31.7 Å². The molecule has 1 aliphatic rings. The number of aliphatic imine (C=N–C) groups is 1. The molecule has 1 saturated heterocycles. The van der Waals surface area contributed by atoms with Crippen LogP contribution in [0.2, 0.25) is 0 Å². The fraction of sp³-hybridized carbons (Fsp3) is 0.611. The Morgan fingerprint density at radius 3 is 2.82 bits per heavy atom. The van der Waals surface area contributed by atoms with Crippen LogP contribution >= 0.6 is 24.0 Å². The highest BCUT2D eigenvalue weighted by Crippen LogP contribution is 2.23. The summed E-state index contributed by atoms with van der Waals surface area (Å²) >= 11 is 0. The fourth-order valence-electron chi connectivity index (χ4n) is 2.97. The van der Waals surface area contributed by atoms with Crippen LogP contribution in [0.4, 0.5) is 13.2 Å². The Hall–Kier alpha value is -1.27. The second-order valence-electron chi connectivity index (χ2n) is 6.16. The van der Waals surface area contributed by atoms with Gasteiger partial charge in [0.2, 0.25) is 0 Å². The number of alkyl halides is 2. The van der Waals surface area contributed by atoms with E-state index in [0.717, 1.165) is 19.5 Å². The lowest BCUT2D eigenvalue weighted by Crippen LogP contribution is -2.40. The summed E-state index contributed by atoms with van der Waals surface area (Å²) in [5.41, 5.74) is 0.0394. The van der Waals surface area contributed by atoms with Crippen molar-refractivity contribution < 1.29 is 27.4 Å². The maximum Gasteiger partial charge on any atom is 0.387 e. The summed E-state index contributed by atoms with van der Waals surface area (Å²) in [5, 5.41) is 3.03. The molecule has 1 fully saturated rings. The van der Waals surface area contributed by atoms with Crippen molar-refractivity contribution in [3.8, 4) is 5.75 Å². The van der Waals surface area contributed by atoms with Gasteiger partial charge < -0.3 is 24.4 Å². The topological polar surface area (TPSA) is 55.3 Å². The van der Waals surface area contributed by atoms with Gasteiger partial charge in [0.05, 0.1) is 19.8 Å². The summed E-state index contributed by atoms with van der Waals surface area (Å²) in [5.74, 6) is 0.160. The molecule has 6 nitrogen and oxygen atoms in total. The van der Waals surface area contributed by atoms with Crippen LogP contribution in [0.5, 0.6) is 5.75 Å². The molecule has 2 rings (SSSR count). The maximum absolute atomic E-state index is 14.1. The number of guanidine groups is 1. The molecule has 28 heavy (non-hydrogen) atoms. The minimum atomic E-state index is -3.01. The Balaban J connectivity index is 0.00000392. The van der Waals surface area contributed by atoms with Gasteiger partial charge in [-0.25, -0.2) is 4.39 Å². The normalized spacial score (nSPS) is 17.0. The number of halogens is 4. The van der Waals surface area contributed by atoms with Gasteiger partial charge in [-0.05, 0) is 18.6 Å². The fourth-order valence-corrected chi connectivity index (χ4v) is 2.97. The zero-order valence-electron chi connectivity index (χ0n) is 16.0. The van der Waals surface area contributed by atoms with Gasteiger partial charge in [0.15, 0.2) is 5.96 Å². The first-order valence-electron chi connectivity index (χ1n) is 8.79. The van der Waals surface area contributed by atoms with Gasteiger partial charge in [0, 0.05) is 45.3 Å². The molecule has 1 unspecified atom stereocenters. The molecule has 0 amide bonds. The van der Waals surface area contributed by atoms with Crippen molar-refractivity contribution in [2.45, 2.75) is 19.6 Å². The smallest absolute Gasteiger partial charge is 0.387 e. The molecule has 1 N–H and O–H groups in total. The third-order valence-electron chi connectivity index (χ3n) is 4.30. The first-order valence-corrected chi connectivity index (χ1v) is 8.79. The summed E-state index contributed by atoms with van der Waals surface area (Å²) in [7, 11) is 3.26. The molecule has 1 aliphatic heterocycles. The van der Waals surface area contributed by atoms with E-state index in [-0.39, 0.29) is 41.8 Å². The third-order valence-corrected chi connectivity index (χ3v) is 4.30. The van der Waals surface area contributed by atoms with Gasteiger partial charge >= 0.3 is 6.61 Å². The summed E-state index contributed by atoms with van der Waals surface area (Å²) in [4.78, 5) is 6.25. The number of likely N-dealkylation sites (tertiary alicyclic amines) is 1. The molecule has 0 spiro atoms. The molecule has 1 atom stereocenters. The van der Waals surface area contributed by atoms with Crippen LogP contribution < -0.4 is 10.1 Å². The van der Waals surface area contributed by atoms with E-state index in [1.54, 1.807) is 14.2 Å². The molecular weight excluding hydrogens is 490 g/mol. The van der Waals surface area contributed by atoms with Crippen LogP contribution in [-0.4, -0.2) is 64.5 Å². The van der Waals surface area contributed by atoms with Gasteiger partial charge in [-0.2, -0.15) is 8.78 Å². The van der Waals surface area contributed by atoms with Crippen molar-refractivity contribution >= 4 is 29.9 Å². The molecule has 1 aromatic rings. The molecule has 0 saturated carbocycles. The van der Waals surface area contributed by atoms with E-state index in [1.165, 1.54) is 18.2 Å². The van der Waals surface area contributed by atoms with E-state index in [1.807, 2.05) is 4.90 Å². The first-order chi connectivity index (χ1) is 13.0. The Bertz CT molecular complexity index is 623. The number of nitrogens with zero attached hydrogens (tertiary/aromatic N) is 2. The van der Waals surface area contributed by atoms with E-state index in [2.05, 4.69) is 15.0 Å². The summed E-state index contributed by atoms with van der Waals surface area (Å²) < 4.78 is 54.0. The van der Waals surface area contributed by atoms with Crippen LogP contribution in [0.3, 0.4) is 0 Å². The van der Waals surface area contributed by atoms with Crippen LogP contribution in [0, 0.1) is 11.7 Å². The van der Waals surface area contributed by atoms with Gasteiger partial charge in [-0.3, -0.25) is 4.99 Å². The van der Waals surface area contributed by atoms with E-state index in [9.17, 15) is 13.2 Å². The average molecular weight is 517 g/mol. The first kappa shape index (κ1) is 24.8. The molecular formula is C18H27F3IN3O3. The van der Waals surface area contributed by atoms with Gasteiger partial charge in [-0.1, -0.05) is 6.07 Å². The summed E-state index contributed by atoms with van der Waals surface area (Å²) in [6, 6.07) is 3.86. The predicted octanol–water partition coefficient (Wildman–Crippen LogP) is 3.11. The number of rotatable bonds is 9. The number of methoxy groups -OCH3 is 1. The molecule has 160 valence electrons. The van der Waals surface area contributed by atoms with E-state index < -0.39 is 12.4 Å². The minimum Gasteiger partial charge on any atom is -0.434 e. The van der Waals surface area contributed by atoms with Gasteiger partial charge in [0.25, 0.3) is 0 Å². The second-order valence-corrected chi connectivity index (χ2v) is 6.16. The highest BCUT2D eigenvalue weighted by atomic mass is 127. The molecule has 1 heterocycles. The molecule has 0 aliphatic carbocycles. The van der Waals surface area contributed by atoms with Crippen molar-refractivity contribution in [3.05, 3.63) is 29.6 Å². The highest BCUT2D eigenvalue weighted by Gasteiger charge is 2.25. The molecule has 1 aromatic carbocycles. The zero-order chi connectivity index (χ0) is 19.6. The summed E-state index contributed by atoms with van der Waals surface area (Å²) in [6.45, 7) is 0.275. The number of ether oxygens (including phenoxy) is 3. The van der Waals surface area contributed by atoms with Crippen molar-refractivity contribution in [1.29, 1.82) is 0 Å². The summed E-state index contributed by atoms with van der Waals surface area (Å²) in [6.07, 6.45) is 0.952.